The molecular formula is C21H23NO4. The first kappa shape index (κ1) is 18.0. The van der Waals surface area contributed by atoms with E-state index in [0.29, 0.717) is 19.4 Å². The summed E-state index contributed by atoms with van der Waals surface area (Å²) >= 11 is 0. The van der Waals surface area contributed by atoms with Crippen LogP contribution in [0.2, 0.25) is 0 Å². The second kappa shape index (κ2) is 8.52. The van der Waals surface area contributed by atoms with Crippen molar-refractivity contribution in [1.82, 2.24) is 4.90 Å². The van der Waals surface area contributed by atoms with Gasteiger partial charge in [-0.15, -0.1) is 0 Å². The van der Waals surface area contributed by atoms with E-state index in [1.807, 2.05) is 60.7 Å². The first-order valence-electron chi connectivity index (χ1n) is 8.79. The number of piperidine rings is 1. The van der Waals surface area contributed by atoms with Crippen molar-refractivity contribution in [2.75, 3.05) is 13.7 Å². The lowest BCUT2D eigenvalue weighted by Crippen LogP contribution is -2.43. The summed E-state index contributed by atoms with van der Waals surface area (Å²) in [6, 6.07) is 19.2. The maximum Gasteiger partial charge on any atom is 0.410 e. The molecule has 0 aliphatic carbocycles. The number of amides is 1. The molecule has 1 amide bonds. The third kappa shape index (κ3) is 4.23. The number of carbonyl (C=O) groups excluding carboxylic acids is 2. The number of likely N-dealkylation sites (tertiary alicyclic amines) is 1. The smallest absolute Gasteiger partial charge is 0.410 e. The summed E-state index contributed by atoms with van der Waals surface area (Å²) in [5.41, 5.74) is 1.94. The van der Waals surface area contributed by atoms with E-state index in [-0.39, 0.29) is 30.6 Å². The van der Waals surface area contributed by atoms with Gasteiger partial charge in [-0.2, -0.15) is 0 Å². The zero-order valence-corrected chi connectivity index (χ0v) is 14.8. The van der Waals surface area contributed by atoms with Crippen molar-refractivity contribution in [3.63, 3.8) is 0 Å². The predicted molar refractivity (Wildman–Crippen MR) is 97.3 cm³/mol. The minimum Gasteiger partial charge on any atom is -0.469 e. The minimum atomic E-state index is -0.356. The molecule has 0 bridgehead atoms. The summed E-state index contributed by atoms with van der Waals surface area (Å²) in [5.74, 6) is -0.424. The van der Waals surface area contributed by atoms with Crippen molar-refractivity contribution >= 4 is 12.1 Å². The minimum absolute atomic E-state index is 0.197. The summed E-state index contributed by atoms with van der Waals surface area (Å²) in [5, 5.41) is 0. The van der Waals surface area contributed by atoms with Crippen LogP contribution in [-0.4, -0.2) is 30.6 Å². The molecule has 0 saturated carbocycles. The Morgan fingerprint density at radius 2 is 1.69 bits per heavy atom. The van der Waals surface area contributed by atoms with Crippen LogP contribution in [0.5, 0.6) is 0 Å². The standard InChI is InChI=1S/C21H23NO4/c1-25-20(23)18-12-13-22(19(14-18)17-10-6-3-7-11-17)21(24)26-15-16-8-4-2-5-9-16/h2-11,18-19H,12-15H2,1H3. The molecule has 2 aromatic carbocycles. The lowest BCUT2D eigenvalue weighted by molar-refractivity contribution is -0.147. The molecule has 1 saturated heterocycles. The van der Waals surface area contributed by atoms with Gasteiger partial charge in [0, 0.05) is 6.54 Å². The Bertz CT molecular complexity index is 732. The molecule has 1 fully saturated rings. The summed E-state index contributed by atoms with van der Waals surface area (Å²) in [7, 11) is 1.40. The van der Waals surface area contributed by atoms with Gasteiger partial charge in [0.1, 0.15) is 6.61 Å². The summed E-state index contributed by atoms with van der Waals surface area (Å²) in [6.45, 7) is 0.699. The fourth-order valence-corrected chi connectivity index (χ4v) is 3.36. The normalized spacial score (nSPS) is 19.7. The lowest BCUT2D eigenvalue weighted by Gasteiger charge is -2.38. The zero-order valence-electron chi connectivity index (χ0n) is 14.8. The van der Waals surface area contributed by atoms with Crippen LogP contribution in [0.15, 0.2) is 60.7 Å². The van der Waals surface area contributed by atoms with E-state index in [2.05, 4.69) is 0 Å². The first-order chi connectivity index (χ1) is 12.7. The highest BCUT2D eigenvalue weighted by Crippen LogP contribution is 2.35. The van der Waals surface area contributed by atoms with Crippen molar-refractivity contribution < 1.29 is 19.1 Å². The highest BCUT2D eigenvalue weighted by atomic mass is 16.6. The Hall–Kier alpha value is -2.82. The third-order valence-electron chi connectivity index (χ3n) is 4.76. The number of benzene rings is 2. The van der Waals surface area contributed by atoms with Gasteiger partial charge in [-0.1, -0.05) is 60.7 Å². The number of hydrogen-bond acceptors (Lipinski definition) is 4. The van der Waals surface area contributed by atoms with Crippen molar-refractivity contribution in [2.24, 2.45) is 5.92 Å². The van der Waals surface area contributed by atoms with Crippen LogP contribution in [0.25, 0.3) is 0 Å². The topological polar surface area (TPSA) is 55.8 Å². The maximum atomic E-state index is 12.7. The average molecular weight is 353 g/mol. The predicted octanol–water partition coefficient (Wildman–Crippen LogP) is 3.95. The van der Waals surface area contributed by atoms with Crippen molar-refractivity contribution in [3.05, 3.63) is 71.8 Å². The Morgan fingerprint density at radius 1 is 1.04 bits per heavy atom. The van der Waals surface area contributed by atoms with Gasteiger partial charge in [0.15, 0.2) is 0 Å². The van der Waals surface area contributed by atoms with Crippen LogP contribution in [-0.2, 0) is 20.9 Å². The van der Waals surface area contributed by atoms with E-state index in [1.165, 1.54) is 7.11 Å². The van der Waals surface area contributed by atoms with Gasteiger partial charge >= 0.3 is 12.1 Å². The lowest BCUT2D eigenvalue weighted by atomic mass is 9.87. The van der Waals surface area contributed by atoms with E-state index in [9.17, 15) is 9.59 Å². The second-order valence-corrected chi connectivity index (χ2v) is 6.40. The molecule has 2 atom stereocenters. The van der Waals surface area contributed by atoms with Crippen LogP contribution >= 0.6 is 0 Å². The zero-order chi connectivity index (χ0) is 18.4. The molecule has 26 heavy (non-hydrogen) atoms. The van der Waals surface area contributed by atoms with E-state index >= 15 is 0 Å². The number of carbonyl (C=O) groups is 2. The monoisotopic (exact) mass is 353 g/mol. The highest BCUT2D eigenvalue weighted by Gasteiger charge is 2.36. The molecule has 0 radical (unpaired) electrons. The molecule has 0 aromatic heterocycles. The van der Waals surface area contributed by atoms with Crippen molar-refractivity contribution in [3.8, 4) is 0 Å². The van der Waals surface area contributed by atoms with Gasteiger partial charge in [0.2, 0.25) is 0 Å². The van der Waals surface area contributed by atoms with Gasteiger partial charge in [0.25, 0.3) is 0 Å². The molecule has 2 unspecified atom stereocenters. The summed E-state index contributed by atoms with van der Waals surface area (Å²) < 4.78 is 10.4. The van der Waals surface area contributed by atoms with Gasteiger partial charge in [-0.05, 0) is 24.0 Å². The molecule has 5 heteroatoms. The fourth-order valence-electron chi connectivity index (χ4n) is 3.36. The number of esters is 1. The molecule has 5 nitrogen and oxygen atoms in total. The molecule has 0 spiro atoms. The first-order valence-corrected chi connectivity index (χ1v) is 8.79. The maximum absolute atomic E-state index is 12.7. The quantitative estimate of drug-likeness (QED) is 0.781. The number of nitrogens with zero attached hydrogens (tertiary/aromatic N) is 1. The SMILES string of the molecule is COC(=O)C1CCN(C(=O)OCc2ccccc2)C(c2ccccc2)C1. The number of ether oxygens (including phenoxy) is 2. The molecule has 1 aliphatic heterocycles. The molecular weight excluding hydrogens is 330 g/mol. The molecule has 2 aromatic rings. The van der Waals surface area contributed by atoms with Crippen molar-refractivity contribution in [2.45, 2.75) is 25.5 Å². The largest absolute Gasteiger partial charge is 0.469 e. The van der Waals surface area contributed by atoms with E-state index in [4.69, 9.17) is 9.47 Å². The Labute approximate surface area is 153 Å². The van der Waals surface area contributed by atoms with Gasteiger partial charge in [-0.25, -0.2) is 4.79 Å². The number of rotatable bonds is 4. The Balaban J connectivity index is 1.73. The number of hydrogen-bond donors (Lipinski definition) is 0. The Kier molecular flexibility index (Phi) is 5.89. The van der Waals surface area contributed by atoms with Crippen LogP contribution in [0.3, 0.4) is 0 Å². The number of methoxy groups -OCH3 is 1. The highest BCUT2D eigenvalue weighted by molar-refractivity contribution is 5.74. The molecule has 3 rings (SSSR count). The molecule has 136 valence electrons. The molecule has 0 N–H and O–H groups in total. The fraction of sp³-hybridized carbons (Fsp3) is 0.333. The molecule has 1 aliphatic rings. The van der Waals surface area contributed by atoms with Crippen molar-refractivity contribution in [1.29, 1.82) is 0 Å². The van der Waals surface area contributed by atoms with Crippen LogP contribution in [0, 0.1) is 5.92 Å². The molecule has 1 heterocycles. The van der Waals surface area contributed by atoms with Crippen LogP contribution in [0.4, 0.5) is 4.79 Å². The van der Waals surface area contributed by atoms with Crippen LogP contribution < -0.4 is 0 Å². The summed E-state index contributed by atoms with van der Waals surface area (Å²) in [4.78, 5) is 26.4. The van der Waals surface area contributed by atoms with E-state index in [1.54, 1.807) is 4.90 Å². The third-order valence-corrected chi connectivity index (χ3v) is 4.76. The summed E-state index contributed by atoms with van der Waals surface area (Å²) in [6.07, 6.45) is 0.763. The van der Waals surface area contributed by atoms with Gasteiger partial charge in [-0.3, -0.25) is 4.79 Å². The van der Waals surface area contributed by atoms with Gasteiger partial charge in [0.05, 0.1) is 19.1 Å². The Morgan fingerprint density at radius 3 is 2.35 bits per heavy atom. The van der Waals surface area contributed by atoms with E-state index < -0.39 is 0 Å². The van der Waals surface area contributed by atoms with Gasteiger partial charge < -0.3 is 14.4 Å². The second-order valence-electron chi connectivity index (χ2n) is 6.40. The van der Waals surface area contributed by atoms with E-state index in [0.717, 1.165) is 11.1 Å². The average Bonchev–Trinajstić information content (AvgIpc) is 2.72. The van der Waals surface area contributed by atoms with Crippen LogP contribution in [0.1, 0.15) is 30.0 Å².